The van der Waals surface area contributed by atoms with Gasteiger partial charge in [0, 0.05) is 5.69 Å². The second-order valence-corrected chi connectivity index (χ2v) is 5.92. The van der Waals surface area contributed by atoms with E-state index in [4.69, 9.17) is 0 Å². The SMILES string of the molecule is O=C(CN1C(=O)NC(=Cc2ccccc2)C1=O)Nc1cccc(C(F)(F)F)c1. The van der Waals surface area contributed by atoms with Crippen LogP contribution < -0.4 is 10.6 Å². The van der Waals surface area contributed by atoms with Gasteiger partial charge in [0.05, 0.1) is 5.56 Å². The van der Waals surface area contributed by atoms with Gasteiger partial charge in [-0.2, -0.15) is 13.2 Å². The molecule has 1 fully saturated rings. The van der Waals surface area contributed by atoms with Gasteiger partial charge in [-0.25, -0.2) is 9.69 Å². The number of imide groups is 1. The Kier molecular flexibility index (Phi) is 5.16. The standard InChI is InChI=1S/C19H14F3N3O3/c20-19(21,22)13-7-4-8-14(10-13)23-16(26)11-25-17(27)15(24-18(25)28)9-12-5-2-1-3-6-12/h1-10H,11H2,(H,23,26)(H,24,28). The van der Waals surface area contributed by atoms with E-state index in [2.05, 4.69) is 10.6 Å². The molecule has 4 amide bonds. The van der Waals surface area contributed by atoms with Crippen LogP contribution in [0.3, 0.4) is 0 Å². The van der Waals surface area contributed by atoms with Crippen molar-refractivity contribution in [3.63, 3.8) is 0 Å². The number of rotatable bonds is 4. The molecule has 1 aliphatic heterocycles. The topological polar surface area (TPSA) is 78.5 Å². The van der Waals surface area contributed by atoms with Crippen LogP contribution >= 0.6 is 0 Å². The van der Waals surface area contributed by atoms with Gasteiger partial charge in [-0.3, -0.25) is 9.59 Å². The monoisotopic (exact) mass is 389 g/mol. The van der Waals surface area contributed by atoms with E-state index in [1.807, 2.05) is 0 Å². The van der Waals surface area contributed by atoms with Crippen molar-refractivity contribution in [2.75, 3.05) is 11.9 Å². The molecule has 144 valence electrons. The number of anilines is 1. The van der Waals surface area contributed by atoms with Crippen molar-refractivity contribution in [1.82, 2.24) is 10.2 Å². The average Bonchev–Trinajstić information content (AvgIpc) is 2.89. The van der Waals surface area contributed by atoms with E-state index in [-0.39, 0.29) is 11.4 Å². The molecular formula is C19H14F3N3O3. The van der Waals surface area contributed by atoms with Gasteiger partial charge in [0.2, 0.25) is 5.91 Å². The van der Waals surface area contributed by atoms with Crippen molar-refractivity contribution in [2.24, 2.45) is 0 Å². The number of hydrogen-bond acceptors (Lipinski definition) is 3. The number of hydrogen-bond donors (Lipinski definition) is 2. The molecule has 1 saturated heterocycles. The molecule has 2 aromatic rings. The quantitative estimate of drug-likeness (QED) is 0.623. The predicted molar refractivity (Wildman–Crippen MR) is 94.7 cm³/mol. The molecule has 28 heavy (non-hydrogen) atoms. The lowest BCUT2D eigenvalue weighted by atomic mass is 10.2. The van der Waals surface area contributed by atoms with E-state index in [1.54, 1.807) is 30.3 Å². The van der Waals surface area contributed by atoms with E-state index in [0.29, 0.717) is 10.5 Å². The van der Waals surface area contributed by atoms with Gasteiger partial charge in [0.1, 0.15) is 12.2 Å². The summed E-state index contributed by atoms with van der Waals surface area (Å²) in [6.07, 6.45) is -3.09. The third-order valence-electron chi connectivity index (χ3n) is 3.85. The van der Waals surface area contributed by atoms with Crippen LogP contribution in [0, 0.1) is 0 Å². The van der Waals surface area contributed by atoms with E-state index in [0.717, 1.165) is 18.2 Å². The van der Waals surface area contributed by atoms with Crippen molar-refractivity contribution >= 4 is 29.6 Å². The lowest BCUT2D eigenvalue weighted by Gasteiger charge is -2.13. The summed E-state index contributed by atoms with van der Waals surface area (Å²) in [5.74, 6) is -1.50. The second-order valence-electron chi connectivity index (χ2n) is 5.92. The van der Waals surface area contributed by atoms with Crippen molar-refractivity contribution in [3.05, 3.63) is 71.4 Å². The normalized spacial score (nSPS) is 15.7. The summed E-state index contributed by atoms with van der Waals surface area (Å²) in [6.45, 7) is -0.632. The number of nitrogens with one attached hydrogen (secondary N) is 2. The van der Waals surface area contributed by atoms with Gasteiger partial charge < -0.3 is 10.6 Å². The van der Waals surface area contributed by atoms with Crippen molar-refractivity contribution in [3.8, 4) is 0 Å². The molecule has 6 nitrogen and oxygen atoms in total. The molecule has 0 unspecified atom stereocenters. The van der Waals surface area contributed by atoms with E-state index in [1.165, 1.54) is 12.1 Å². The number of amides is 4. The Bertz CT molecular complexity index is 956. The molecule has 0 radical (unpaired) electrons. The smallest absolute Gasteiger partial charge is 0.325 e. The minimum Gasteiger partial charge on any atom is -0.325 e. The Morgan fingerprint density at radius 3 is 2.46 bits per heavy atom. The highest BCUT2D eigenvalue weighted by Crippen LogP contribution is 2.30. The summed E-state index contributed by atoms with van der Waals surface area (Å²) >= 11 is 0. The van der Waals surface area contributed by atoms with Crippen LogP contribution in [0.5, 0.6) is 0 Å². The molecule has 0 bridgehead atoms. The maximum absolute atomic E-state index is 12.7. The molecule has 2 aromatic carbocycles. The predicted octanol–water partition coefficient (Wildman–Crippen LogP) is 3.24. The largest absolute Gasteiger partial charge is 0.416 e. The summed E-state index contributed by atoms with van der Waals surface area (Å²) in [5, 5.41) is 4.62. The zero-order chi connectivity index (χ0) is 20.3. The molecular weight excluding hydrogens is 375 g/mol. The Morgan fingerprint density at radius 2 is 1.79 bits per heavy atom. The lowest BCUT2D eigenvalue weighted by molar-refractivity contribution is -0.137. The molecule has 0 aromatic heterocycles. The number of alkyl halides is 3. The molecule has 1 heterocycles. The van der Waals surface area contributed by atoms with Crippen LogP contribution in [0.15, 0.2) is 60.3 Å². The third-order valence-corrected chi connectivity index (χ3v) is 3.85. The summed E-state index contributed by atoms with van der Waals surface area (Å²) in [7, 11) is 0. The summed E-state index contributed by atoms with van der Waals surface area (Å²) < 4.78 is 38.2. The highest BCUT2D eigenvalue weighted by molar-refractivity contribution is 6.15. The maximum atomic E-state index is 12.7. The van der Waals surface area contributed by atoms with E-state index >= 15 is 0 Å². The lowest BCUT2D eigenvalue weighted by Crippen LogP contribution is -2.38. The Labute approximate surface area is 157 Å². The molecule has 1 aliphatic rings. The Morgan fingerprint density at radius 1 is 1.07 bits per heavy atom. The fourth-order valence-electron chi connectivity index (χ4n) is 2.55. The second kappa shape index (κ2) is 7.55. The van der Waals surface area contributed by atoms with Crippen LogP contribution in [0.1, 0.15) is 11.1 Å². The number of benzene rings is 2. The van der Waals surface area contributed by atoms with E-state index in [9.17, 15) is 27.6 Å². The molecule has 9 heteroatoms. The highest BCUT2D eigenvalue weighted by atomic mass is 19.4. The van der Waals surface area contributed by atoms with Crippen LogP contribution in [0.4, 0.5) is 23.7 Å². The first-order valence-electron chi connectivity index (χ1n) is 8.11. The molecule has 0 atom stereocenters. The zero-order valence-corrected chi connectivity index (χ0v) is 14.3. The number of nitrogens with zero attached hydrogens (tertiary/aromatic N) is 1. The summed E-state index contributed by atoms with van der Waals surface area (Å²) in [5.41, 5.74) is -0.329. The summed E-state index contributed by atoms with van der Waals surface area (Å²) in [4.78, 5) is 37.1. The van der Waals surface area contributed by atoms with Crippen LogP contribution in [-0.4, -0.2) is 29.3 Å². The Hall–Kier alpha value is -3.62. The molecule has 0 saturated carbocycles. The number of halogens is 3. The third kappa shape index (κ3) is 4.37. The molecule has 2 N–H and O–H groups in total. The van der Waals surface area contributed by atoms with Crippen LogP contribution in [0.2, 0.25) is 0 Å². The zero-order valence-electron chi connectivity index (χ0n) is 14.3. The fourth-order valence-corrected chi connectivity index (χ4v) is 2.55. The van der Waals surface area contributed by atoms with Crippen LogP contribution in [0.25, 0.3) is 6.08 Å². The fraction of sp³-hybridized carbons (Fsp3) is 0.105. The summed E-state index contributed by atoms with van der Waals surface area (Å²) in [6, 6.07) is 12.0. The molecule has 0 spiro atoms. The van der Waals surface area contributed by atoms with E-state index < -0.39 is 36.1 Å². The van der Waals surface area contributed by atoms with Gasteiger partial charge in [0.25, 0.3) is 5.91 Å². The van der Waals surface area contributed by atoms with Crippen LogP contribution in [-0.2, 0) is 15.8 Å². The number of carbonyl (C=O) groups is 3. The number of urea groups is 1. The maximum Gasteiger partial charge on any atom is 0.416 e. The first-order chi connectivity index (χ1) is 13.2. The number of carbonyl (C=O) groups excluding carboxylic acids is 3. The minimum atomic E-state index is -4.55. The molecule has 0 aliphatic carbocycles. The first kappa shape index (κ1) is 19.2. The first-order valence-corrected chi connectivity index (χ1v) is 8.11. The van der Waals surface area contributed by atoms with Gasteiger partial charge in [-0.05, 0) is 29.8 Å². The average molecular weight is 389 g/mol. The van der Waals surface area contributed by atoms with Gasteiger partial charge in [-0.15, -0.1) is 0 Å². The Balaban J connectivity index is 1.68. The van der Waals surface area contributed by atoms with Crippen molar-refractivity contribution < 1.29 is 27.6 Å². The molecule has 3 rings (SSSR count). The van der Waals surface area contributed by atoms with Gasteiger partial charge >= 0.3 is 12.2 Å². The minimum absolute atomic E-state index is 0.00284. The van der Waals surface area contributed by atoms with Crippen molar-refractivity contribution in [1.29, 1.82) is 0 Å². The van der Waals surface area contributed by atoms with Gasteiger partial charge in [0.15, 0.2) is 0 Å². The highest BCUT2D eigenvalue weighted by Gasteiger charge is 2.35. The van der Waals surface area contributed by atoms with Gasteiger partial charge in [-0.1, -0.05) is 36.4 Å². The van der Waals surface area contributed by atoms with Crippen molar-refractivity contribution in [2.45, 2.75) is 6.18 Å².